The van der Waals surface area contributed by atoms with Crippen LogP contribution >= 0.6 is 0 Å². The van der Waals surface area contributed by atoms with E-state index in [1.165, 1.54) is 19.5 Å². The summed E-state index contributed by atoms with van der Waals surface area (Å²) in [4.78, 5) is 13.0. The minimum atomic E-state index is -3.72. The second-order valence-electron chi connectivity index (χ2n) is 7.78. The molecular formula is C21H18N6O3S. The van der Waals surface area contributed by atoms with Gasteiger partial charge in [-0.2, -0.15) is 5.26 Å². The van der Waals surface area contributed by atoms with E-state index in [4.69, 9.17) is 4.74 Å². The lowest BCUT2D eigenvalue weighted by Gasteiger charge is -2.14. The SMILES string of the molecule is COc1cnc2c(c1)c(C#N)c(-c1ncc(S(=O)(=O)NC3(C)CC3)cn1)n2C1=CC=C1. The van der Waals surface area contributed by atoms with E-state index in [2.05, 4.69) is 25.7 Å². The van der Waals surface area contributed by atoms with Crippen LogP contribution in [0.2, 0.25) is 0 Å². The fourth-order valence-corrected chi connectivity index (χ4v) is 4.77. The molecule has 3 heterocycles. The van der Waals surface area contributed by atoms with Crippen molar-refractivity contribution in [2.75, 3.05) is 7.11 Å². The first-order valence-corrected chi connectivity index (χ1v) is 11.1. The van der Waals surface area contributed by atoms with E-state index < -0.39 is 15.6 Å². The third kappa shape index (κ3) is 3.19. The number of nitrogens with zero attached hydrogens (tertiary/aromatic N) is 5. The van der Waals surface area contributed by atoms with Gasteiger partial charge in [-0.25, -0.2) is 28.1 Å². The van der Waals surface area contributed by atoms with Crippen molar-refractivity contribution in [1.29, 1.82) is 5.26 Å². The molecule has 5 rings (SSSR count). The van der Waals surface area contributed by atoms with Gasteiger partial charge in [0.15, 0.2) is 5.82 Å². The predicted octanol–water partition coefficient (Wildman–Crippen LogP) is 2.62. The average molecular weight is 434 g/mol. The van der Waals surface area contributed by atoms with Gasteiger partial charge in [0.1, 0.15) is 28.1 Å². The highest BCUT2D eigenvalue weighted by Crippen LogP contribution is 2.37. The summed E-state index contributed by atoms with van der Waals surface area (Å²) in [6.07, 6.45) is 11.3. The van der Waals surface area contributed by atoms with E-state index in [0.717, 1.165) is 18.5 Å². The number of rotatable bonds is 6. The first kappa shape index (κ1) is 19.4. The minimum absolute atomic E-state index is 0.0203. The summed E-state index contributed by atoms with van der Waals surface area (Å²) in [5.74, 6) is 0.749. The molecule has 3 aromatic heterocycles. The van der Waals surface area contributed by atoms with Crippen LogP contribution in [0.4, 0.5) is 0 Å². The van der Waals surface area contributed by atoms with Crippen LogP contribution in [-0.2, 0) is 10.0 Å². The van der Waals surface area contributed by atoms with Crippen LogP contribution in [0.25, 0.3) is 28.2 Å². The number of fused-ring (bicyclic) bond motifs is 1. The average Bonchev–Trinajstić information content (AvgIpc) is 3.35. The first-order valence-electron chi connectivity index (χ1n) is 9.59. The van der Waals surface area contributed by atoms with Gasteiger partial charge < -0.3 is 4.74 Å². The Balaban J connectivity index is 1.65. The number of sulfonamides is 1. The number of nitriles is 1. The Morgan fingerprint density at radius 1 is 1.23 bits per heavy atom. The van der Waals surface area contributed by atoms with Crippen LogP contribution in [0.3, 0.4) is 0 Å². The molecule has 1 N–H and O–H groups in total. The van der Waals surface area contributed by atoms with Crippen LogP contribution in [0, 0.1) is 11.3 Å². The Kier molecular flexibility index (Phi) is 4.22. The standard InChI is InChI=1S/C21H18N6O3S/c1-21(6-7-21)26-31(28,29)15-11-23-19(24-12-15)18-17(9-22)16-8-14(30-2)10-25-20(16)27(18)13-4-3-5-13/h3-5,8,10-12,26H,6-7H2,1-2H3. The van der Waals surface area contributed by atoms with E-state index in [1.54, 1.807) is 16.8 Å². The van der Waals surface area contributed by atoms with E-state index >= 15 is 0 Å². The molecule has 0 aromatic carbocycles. The molecule has 0 atom stereocenters. The number of ether oxygens (including phenoxy) is 1. The molecule has 0 aliphatic heterocycles. The third-order valence-electron chi connectivity index (χ3n) is 5.45. The number of hydrogen-bond acceptors (Lipinski definition) is 7. The van der Waals surface area contributed by atoms with Gasteiger partial charge in [-0.3, -0.25) is 4.57 Å². The number of allylic oxidation sites excluding steroid dienone is 4. The summed E-state index contributed by atoms with van der Waals surface area (Å²) in [5.41, 5.74) is 1.77. The maximum absolute atomic E-state index is 12.6. The Morgan fingerprint density at radius 3 is 2.48 bits per heavy atom. The lowest BCUT2D eigenvalue weighted by atomic mass is 10.1. The van der Waals surface area contributed by atoms with Gasteiger partial charge in [0, 0.05) is 16.6 Å². The van der Waals surface area contributed by atoms with Gasteiger partial charge in [0.25, 0.3) is 0 Å². The van der Waals surface area contributed by atoms with Gasteiger partial charge >= 0.3 is 0 Å². The lowest BCUT2D eigenvalue weighted by molar-refractivity contribution is 0.413. The molecule has 0 spiro atoms. The largest absolute Gasteiger partial charge is 0.495 e. The number of hydrogen-bond donors (Lipinski definition) is 1. The summed E-state index contributed by atoms with van der Waals surface area (Å²) in [5, 5.41) is 10.5. The Morgan fingerprint density at radius 2 is 1.94 bits per heavy atom. The highest BCUT2D eigenvalue weighted by Gasteiger charge is 2.41. The van der Waals surface area contributed by atoms with Gasteiger partial charge in [0.2, 0.25) is 10.0 Å². The molecule has 0 saturated heterocycles. The molecule has 2 aliphatic rings. The molecule has 0 bridgehead atoms. The second-order valence-corrected chi connectivity index (χ2v) is 9.46. The Bertz CT molecular complexity index is 1420. The van der Waals surface area contributed by atoms with Crippen molar-refractivity contribution in [2.24, 2.45) is 0 Å². The quantitative estimate of drug-likeness (QED) is 0.632. The topological polar surface area (TPSA) is 123 Å². The van der Waals surface area contributed by atoms with Gasteiger partial charge in [-0.1, -0.05) is 6.08 Å². The predicted molar refractivity (Wildman–Crippen MR) is 113 cm³/mol. The fourth-order valence-electron chi connectivity index (χ4n) is 3.42. The van der Waals surface area contributed by atoms with Crippen molar-refractivity contribution >= 4 is 26.8 Å². The third-order valence-corrected chi connectivity index (χ3v) is 7.05. The zero-order valence-corrected chi connectivity index (χ0v) is 17.6. The number of nitrogens with one attached hydrogen (secondary N) is 1. The summed E-state index contributed by atoms with van der Waals surface area (Å²) in [6, 6.07) is 3.96. The molecule has 0 amide bonds. The Hall–Kier alpha value is -3.55. The molecule has 1 saturated carbocycles. The monoisotopic (exact) mass is 434 g/mol. The summed E-state index contributed by atoms with van der Waals surface area (Å²) in [6.45, 7) is 1.86. The number of methoxy groups -OCH3 is 1. The minimum Gasteiger partial charge on any atom is -0.495 e. The van der Waals surface area contributed by atoms with Crippen molar-refractivity contribution in [3.8, 4) is 23.3 Å². The van der Waals surface area contributed by atoms with Crippen LogP contribution in [0.15, 0.2) is 47.8 Å². The van der Waals surface area contributed by atoms with E-state index in [1.807, 2.05) is 25.2 Å². The van der Waals surface area contributed by atoms with Gasteiger partial charge in [-0.05, 0) is 38.0 Å². The summed E-state index contributed by atoms with van der Waals surface area (Å²) >= 11 is 0. The van der Waals surface area contributed by atoms with Crippen LogP contribution in [-0.4, -0.2) is 40.6 Å². The molecule has 0 radical (unpaired) electrons. The highest BCUT2D eigenvalue weighted by molar-refractivity contribution is 7.89. The van der Waals surface area contributed by atoms with Crippen molar-refractivity contribution < 1.29 is 13.2 Å². The number of pyridine rings is 1. The zero-order chi connectivity index (χ0) is 21.8. The number of aromatic nitrogens is 4. The van der Waals surface area contributed by atoms with Crippen molar-refractivity contribution in [1.82, 2.24) is 24.2 Å². The maximum atomic E-state index is 12.6. The van der Waals surface area contributed by atoms with Gasteiger partial charge in [-0.15, -0.1) is 0 Å². The second kappa shape index (κ2) is 6.73. The van der Waals surface area contributed by atoms with Crippen LogP contribution < -0.4 is 9.46 Å². The molecular weight excluding hydrogens is 416 g/mol. The maximum Gasteiger partial charge on any atom is 0.244 e. The van der Waals surface area contributed by atoms with Crippen LogP contribution in [0.5, 0.6) is 5.75 Å². The first-order chi connectivity index (χ1) is 14.8. The normalized spacial score (nSPS) is 16.5. The molecule has 156 valence electrons. The van der Waals surface area contributed by atoms with Crippen molar-refractivity contribution in [3.63, 3.8) is 0 Å². The van der Waals surface area contributed by atoms with E-state index in [0.29, 0.717) is 28.0 Å². The van der Waals surface area contributed by atoms with E-state index in [-0.39, 0.29) is 10.7 Å². The molecule has 9 nitrogen and oxygen atoms in total. The summed E-state index contributed by atoms with van der Waals surface area (Å²) in [7, 11) is -2.19. The summed E-state index contributed by atoms with van der Waals surface area (Å²) < 4.78 is 35.0. The molecule has 10 heteroatoms. The molecule has 31 heavy (non-hydrogen) atoms. The smallest absolute Gasteiger partial charge is 0.244 e. The highest BCUT2D eigenvalue weighted by atomic mass is 32.2. The lowest BCUT2D eigenvalue weighted by Crippen LogP contribution is -2.34. The van der Waals surface area contributed by atoms with Crippen molar-refractivity contribution in [2.45, 2.75) is 30.2 Å². The van der Waals surface area contributed by atoms with E-state index in [9.17, 15) is 13.7 Å². The molecule has 2 aliphatic carbocycles. The van der Waals surface area contributed by atoms with Crippen molar-refractivity contribution in [3.05, 3.63) is 48.4 Å². The zero-order valence-electron chi connectivity index (χ0n) is 16.8. The Labute approximate surface area is 178 Å². The molecule has 0 unspecified atom stereocenters. The molecule has 3 aromatic rings. The van der Waals surface area contributed by atoms with Gasteiger partial charge in [0.05, 0.1) is 31.3 Å². The fraction of sp³-hybridized carbons (Fsp3) is 0.238. The molecule has 1 fully saturated rings. The van der Waals surface area contributed by atoms with Crippen LogP contribution in [0.1, 0.15) is 25.3 Å².